The predicted molar refractivity (Wildman–Crippen MR) is 62.7 cm³/mol. The van der Waals surface area contributed by atoms with Crippen LogP contribution in [0.4, 0.5) is 0 Å². The van der Waals surface area contributed by atoms with Gasteiger partial charge in [-0.25, -0.2) is 0 Å². The fourth-order valence-corrected chi connectivity index (χ4v) is 2.06. The quantitative estimate of drug-likeness (QED) is 0.768. The summed E-state index contributed by atoms with van der Waals surface area (Å²) in [5.74, 6) is 0.438. The summed E-state index contributed by atoms with van der Waals surface area (Å²) < 4.78 is 0. The number of likely N-dealkylation sites (tertiary alicyclic amines) is 1. The zero-order chi connectivity index (χ0) is 11.3. The van der Waals surface area contributed by atoms with E-state index in [2.05, 4.69) is 12.2 Å². The largest absolute Gasteiger partial charge is 0.341 e. The van der Waals surface area contributed by atoms with Gasteiger partial charge >= 0.3 is 0 Å². The van der Waals surface area contributed by atoms with Crippen molar-refractivity contribution in [3.63, 3.8) is 0 Å². The molecule has 15 heavy (non-hydrogen) atoms. The summed E-state index contributed by atoms with van der Waals surface area (Å²) in [6.07, 6.45) is 3.51. The number of rotatable bonds is 4. The lowest BCUT2D eigenvalue weighted by molar-refractivity contribution is -0.135. The van der Waals surface area contributed by atoms with Crippen molar-refractivity contribution in [2.75, 3.05) is 19.6 Å². The van der Waals surface area contributed by atoms with Crippen LogP contribution in [0, 0.1) is 5.92 Å². The van der Waals surface area contributed by atoms with Gasteiger partial charge in [0.05, 0.1) is 0 Å². The molecule has 1 N–H and O–H groups in total. The van der Waals surface area contributed by atoms with Crippen LogP contribution in [-0.2, 0) is 4.79 Å². The third kappa shape index (κ3) is 3.82. The molecule has 0 aromatic rings. The first-order valence-electron chi connectivity index (χ1n) is 6.17. The monoisotopic (exact) mass is 212 g/mol. The number of carbonyl (C=O) groups excluding carboxylic acids is 1. The van der Waals surface area contributed by atoms with E-state index in [-0.39, 0.29) is 5.92 Å². The van der Waals surface area contributed by atoms with Gasteiger partial charge in [-0.2, -0.15) is 0 Å². The highest BCUT2D eigenvalue weighted by Gasteiger charge is 2.24. The first-order valence-corrected chi connectivity index (χ1v) is 6.17. The molecule has 1 rings (SSSR count). The van der Waals surface area contributed by atoms with Crippen molar-refractivity contribution < 1.29 is 4.79 Å². The zero-order valence-electron chi connectivity index (χ0n) is 10.3. The molecule has 0 aliphatic carbocycles. The second-order valence-corrected chi connectivity index (χ2v) is 4.73. The fourth-order valence-electron chi connectivity index (χ4n) is 2.06. The van der Waals surface area contributed by atoms with Gasteiger partial charge in [0.2, 0.25) is 5.91 Å². The Labute approximate surface area is 93.2 Å². The van der Waals surface area contributed by atoms with Crippen molar-refractivity contribution in [1.82, 2.24) is 10.2 Å². The third-order valence-electron chi connectivity index (χ3n) is 2.91. The predicted octanol–water partition coefficient (Wildman–Crippen LogP) is 1.63. The van der Waals surface area contributed by atoms with E-state index in [4.69, 9.17) is 0 Å². The van der Waals surface area contributed by atoms with Gasteiger partial charge in [0.1, 0.15) is 0 Å². The average molecular weight is 212 g/mol. The van der Waals surface area contributed by atoms with Gasteiger partial charge in [-0.05, 0) is 25.8 Å². The standard InChI is InChI=1S/C12H24N2O/c1-4-7-13-11-6-5-8-14(9-11)12(15)10(2)3/h10-11,13H,4-9H2,1-3H3. The summed E-state index contributed by atoms with van der Waals surface area (Å²) in [5.41, 5.74) is 0. The number of nitrogens with one attached hydrogen (secondary N) is 1. The van der Waals surface area contributed by atoms with Gasteiger partial charge in [0.15, 0.2) is 0 Å². The molecule has 1 aliphatic heterocycles. The summed E-state index contributed by atoms with van der Waals surface area (Å²) in [5, 5.41) is 3.50. The SMILES string of the molecule is CCCNC1CCCN(C(=O)C(C)C)C1. The summed E-state index contributed by atoms with van der Waals surface area (Å²) in [7, 11) is 0. The molecule has 0 aromatic heterocycles. The van der Waals surface area contributed by atoms with Crippen LogP contribution < -0.4 is 5.32 Å². The van der Waals surface area contributed by atoms with E-state index < -0.39 is 0 Å². The first-order chi connectivity index (χ1) is 7.15. The number of nitrogens with zero attached hydrogens (tertiary/aromatic N) is 1. The van der Waals surface area contributed by atoms with Crippen LogP contribution >= 0.6 is 0 Å². The molecule has 0 saturated carbocycles. The molecule has 1 saturated heterocycles. The van der Waals surface area contributed by atoms with E-state index in [9.17, 15) is 4.79 Å². The van der Waals surface area contributed by atoms with E-state index >= 15 is 0 Å². The van der Waals surface area contributed by atoms with Gasteiger partial charge in [-0.3, -0.25) is 4.79 Å². The molecule has 1 fully saturated rings. The Morgan fingerprint density at radius 1 is 1.53 bits per heavy atom. The minimum absolute atomic E-state index is 0.134. The van der Waals surface area contributed by atoms with Crippen molar-refractivity contribution in [2.45, 2.75) is 46.1 Å². The third-order valence-corrected chi connectivity index (χ3v) is 2.91. The minimum atomic E-state index is 0.134. The Morgan fingerprint density at radius 2 is 2.27 bits per heavy atom. The molecule has 1 unspecified atom stereocenters. The van der Waals surface area contributed by atoms with E-state index in [1.165, 1.54) is 6.42 Å². The van der Waals surface area contributed by atoms with Gasteiger partial charge < -0.3 is 10.2 Å². The molecular weight excluding hydrogens is 188 g/mol. The van der Waals surface area contributed by atoms with E-state index in [1.807, 2.05) is 18.7 Å². The fraction of sp³-hybridized carbons (Fsp3) is 0.917. The maximum atomic E-state index is 11.8. The Hall–Kier alpha value is -0.570. The van der Waals surface area contributed by atoms with Gasteiger partial charge in [-0.15, -0.1) is 0 Å². The number of carbonyl (C=O) groups is 1. The first kappa shape index (κ1) is 12.5. The van der Waals surface area contributed by atoms with Crippen LogP contribution in [0.2, 0.25) is 0 Å². The highest BCUT2D eigenvalue weighted by atomic mass is 16.2. The lowest BCUT2D eigenvalue weighted by Gasteiger charge is -2.34. The molecular formula is C12H24N2O. The molecule has 3 heteroatoms. The van der Waals surface area contributed by atoms with Crippen molar-refractivity contribution in [3.8, 4) is 0 Å². The molecule has 1 heterocycles. The van der Waals surface area contributed by atoms with Gasteiger partial charge in [0.25, 0.3) is 0 Å². The average Bonchev–Trinajstić information content (AvgIpc) is 2.25. The number of hydrogen-bond donors (Lipinski definition) is 1. The van der Waals surface area contributed by atoms with Gasteiger partial charge in [0, 0.05) is 25.0 Å². The Morgan fingerprint density at radius 3 is 2.87 bits per heavy atom. The van der Waals surface area contributed by atoms with E-state index in [0.29, 0.717) is 11.9 Å². The number of amides is 1. The normalized spacial score (nSPS) is 22.1. The highest BCUT2D eigenvalue weighted by Crippen LogP contribution is 2.12. The summed E-state index contributed by atoms with van der Waals surface area (Å²) in [6.45, 7) is 9.04. The molecule has 0 spiro atoms. The second-order valence-electron chi connectivity index (χ2n) is 4.73. The van der Waals surface area contributed by atoms with Gasteiger partial charge in [-0.1, -0.05) is 20.8 Å². The Kier molecular flexibility index (Phi) is 5.09. The molecule has 1 amide bonds. The van der Waals surface area contributed by atoms with Crippen LogP contribution in [0.1, 0.15) is 40.0 Å². The van der Waals surface area contributed by atoms with Crippen LogP contribution in [0.5, 0.6) is 0 Å². The second kappa shape index (κ2) is 6.11. The molecule has 0 radical (unpaired) electrons. The molecule has 0 aromatic carbocycles. The van der Waals surface area contributed by atoms with Crippen molar-refractivity contribution in [3.05, 3.63) is 0 Å². The van der Waals surface area contributed by atoms with Crippen LogP contribution in [0.15, 0.2) is 0 Å². The molecule has 88 valence electrons. The highest BCUT2D eigenvalue weighted by molar-refractivity contribution is 5.78. The van der Waals surface area contributed by atoms with E-state index in [1.54, 1.807) is 0 Å². The van der Waals surface area contributed by atoms with Crippen molar-refractivity contribution in [1.29, 1.82) is 0 Å². The van der Waals surface area contributed by atoms with Crippen LogP contribution in [-0.4, -0.2) is 36.5 Å². The summed E-state index contributed by atoms with van der Waals surface area (Å²) in [4.78, 5) is 13.8. The van der Waals surface area contributed by atoms with Crippen molar-refractivity contribution >= 4 is 5.91 Å². The lowest BCUT2D eigenvalue weighted by atomic mass is 10.0. The van der Waals surface area contributed by atoms with Crippen molar-refractivity contribution in [2.24, 2.45) is 5.92 Å². The minimum Gasteiger partial charge on any atom is -0.341 e. The molecule has 3 nitrogen and oxygen atoms in total. The van der Waals surface area contributed by atoms with E-state index in [0.717, 1.165) is 32.5 Å². The van der Waals surface area contributed by atoms with Crippen LogP contribution in [0.25, 0.3) is 0 Å². The summed E-state index contributed by atoms with van der Waals surface area (Å²) >= 11 is 0. The number of piperidine rings is 1. The number of hydrogen-bond acceptors (Lipinski definition) is 2. The maximum absolute atomic E-state index is 11.8. The summed E-state index contributed by atoms with van der Waals surface area (Å²) in [6, 6.07) is 0.515. The zero-order valence-corrected chi connectivity index (χ0v) is 10.3. The molecule has 0 bridgehead atoms. The molecule has 1 aliphatic rings. The Balaban J connectivity index is 2.38. The lowest BCUT2D eigenvalue weighted by Crippen LogP contribution is -2.49. The van der Waals surface area contributed by atoms with Crippen LogP contribution in [0.3, 0.4) is 0 Å². The topological polar surface area (TPSA) is 32.3 Å². The smallest absolute Gasteiger partial charge is 0.225 e. The molecule has 1 atom stereocenters. The maximum Gasteiger partial charge on any atom is 0.225 e. The Bertz CT molecular complexity index is 204.